The van der Waals surface area contributed by atoms with Crippen LogP contribution in [0.3, 0.4) is 0 Å². The summed E-state index contributed by atoms with van der Waals surface area (Å²) in [6, 6.07) is 0. The van der Waals surface area contributed by atoms with Gasteiger partial charge in [-0.15, -0.1) is 0 Å². The van der Waals surface area contributed by atoms with Crippen molar-refractivity contribution in [1.29, 1.82) is 0 Å². The maximum absolute atomic E-state index is 9.57. The van der Waals surface area contributed by atoms with E-state index in [4.69, 9.17) is 0 Å². The van der Waals surface area contributed by atoms with Crippen LogP contribution in [-0.2, 0) is 108 Å². The third-order valence-electron chi connectivity index (χ3n) is 0.816. The van der Waals surface area contributed by atoms with E-state index >= 15 is 0 Å². The maximum atomic E-state index is 9.57. The van der Waals surface area contributed by atoms with Gasteiger partial charge in [0.15, 0.2) is 0 Å². The Hall–Kier alpha value is 2.26. The second-order valence-corrected chi connectivity index (χ2v) is 6.20. The van der Waals surface area contributed by atoms with Crippen molar-refractivity contribution >= 4 is 27.1 Å². The quantitative estimate of drug-likeness (QED) is 0.222. The second kappa shape index (κ2) is 10.2. The van der Waals surface area contributed by atoms with E-state index in [0.717, 1.165) is 0 Å². The summed E-state index contributed by atoms with van der Waals surface area (Å²) in [5, 5.41) is 10.1. The Morgan fingerprint density at radius 2 is 0.500 bits per heavy atom. The molecule has 0 aromatic carbocycles. The standard InChI is InChI=1S/3O5Si.2Y/c3*1-6(2)4-3-5-6;;/q3*-2;2*+3. The molecule has 3 rings (SSSR count). The van der Waals surface area contributed by atoms with Crippen LogP contribution in [-0.4, -0.2) is 27.1 Å². The van der Waals surface area contributed by atoms with Gasteiger partial charge in [-0.25, -0.2) is 0 Å². The molecule has 3 fully saturated rings. The Morgan fingerprint density at radius 3 is 0.500 bits per heavy atom. The van der Waals surface area contributed by atoms with E-state index < -0.39 is 27.1 Å². The fourth-order valence-electron chi connectivity index (χ4n) is 0.269. The van der Waals surface area contributed by atoms with E-state index in [0.29, 0.717) is 0 Å². The molecule has 0 radical (unpaired) electrons. The summed E-state index contributed by atoms with van der Waals surface area (Å²) in [6.45, 7) is 0. The predicted octanol–water partition coefficient (Wildman–Crippen LogP) is -8.90. The maximum Gasteiger partial charge on any atom is 3.00 e. The van der Waals surface area contributed by atoms with Crippen LogP contribution in [0.5, 0.6) is 0 Å². The Bertz CT molecular complexity index is 205. The van der Waals surface area contributed by atoms with E-state index in [1.54, 1.807) is 0 Å². The molecule has 0 aliphatic carbocycles. The van der Waals surface area contributed by atoms with Crippen molar-refractivity contribution in [1.82, 2.24) is 0 Å². The minimum atomic E-state index is -4.17. The van der Waals surface area contributed by atoms with Gasteiger partial charge in [-0.3, -0.25) is 27.5 Å². The van der Waals surface area contributed by atoms with Gasteiger partial charge in [-0.1, -0.05) is 15.1 Å². The van der Waals surface area contributed by atoms with Crippen molar-refractivity contribution in [3.63, 3.8) is 0 Å². The smallest absolute Gasteiger partial charge is 0.824 e. The second-order valence-electron chi connectivity index (χ2n) is 2.20. The zero-order valence-corrected chi connectivity index (χ0v) is 17.5. The van der Waals surface area contributed by atoms with Crippen LogP contribution in [0.25, 0.3) is 0 Å². The average molecular weight is 502 g/mol. The van der Waals surface area contributed by atoms with Crippen molar-refractivity contribution in [2.45, 2.75) is 0 Å². The van der Waals surface area contributed by atoms with E-state index in [-0.39, 0.29) is 65.4 Å². The van der Waals surface area contributed by atoms with E-state index in [9.17, 15) is 28.8 Å². The molecule has 0 aromatic rings. The summed E-state index contributed by atoms with van der Waals surface area (Å²) in [5.74, 6) is 0. The topological polar surface area (TPSA) is 221 Å². The molecule has 0 spiro atoms. The third kappa shape index (κ3) is 10.9. The molecule has 0 aromatic heterocycles. The van der Waals surface area contributed by atoms with Crippen molar-refractivity contribution in [3.8, 4) is 0 Å². The fourth-order valence-corrected chi connectivity index (χ4v) is 0.806. The number of hydrogen-bond donors (Lipinski definition) is 0. The molecule has 3 heterocycles. The van der Waals surface area contributed by atoms with E-state index in [2.05, 4.69) is 42.6 Å². The van der Waals surface area contributed by atoms with E-state index in [1.165, 1.54) is 0 Å². The molecule has 3 saturated heterocycles. The SMILES string of the molecule is [O-][Si]1([O-])OOO1.[O-][Si]1([O-])OOO1.[O-][Si]1([O-])OOO1.[Y+3].[Y+3]. The molecule has 108 valence electrons. The average Bonchev–Trinajstić information content (AvgIpc) is 2.13. The summed E-state index contributed by atoms with van der Waals surface area (Å²) in [7, 11) is -12.5. The Labute approximate surface area is 162 Å². The Balaban J connectivity index is 0. The molecule has 20 heavy (non-hydrogen) atoms. The first kappa shape index (κ1) is 24.5. The molecule has 0 amide bonds. The predicted molar refractivity (Wildman–Crippen MR) is 27.0 cm³/mol. The summed E-state index contributed by atoms with van der Waals surface area (Å²) >= 11 is 0. The third-order valence-corrected chi connectivity index (χ3v) is 2.45. The van der Waals surface area contributed by atoms with Crippen LogP contribution in [0, 0.1) is 0 Å². The first-order valence-electron chi connectivity index (χ1n) is 3.45. The monoisotopic (exact) mass is 502 g/mol. The van der Waals surface area contributed by atoms with Gasteiger partial charge in [0.05, 0.1) is 0 Å². The molecule has 15 nitrogen and oxygen atoms in total. The Kier molecular flexibility index (Phi) is 12.5. The van der Waals surface area contributed by atoms with E-state index in [1.807, 2.05) is 0 Å². The van der Waals surface area contributed by atoms with Crippen molar-refractivity contribution < 1.29 is 137 Å². The zero-order valence-electron chi connectivity index (χ0n) is 8.78. The molecule has 0 atom stereocenters. The van der Waals surface area contributed by atoms with Crippen LogP contribution in [0.1, 0.15) is 0 Å². The van der Waals surface area contributed by atoms with Crippen LogP contribution < -0.4 is 28.8 Å². The summed E-state index contributed by atoms with van der Waals surface area (Å²) < 4.78 is 20.5. The van der Waals surface area contributed by atoms with Crippen LogP contribution in [0.4, 0.5) is 0 Å². The van der Waals surface area contributed by atoms with Gasteiger partial charge >= 0.3 is 65.4 Å². The largest absolute Gasteiger partial charge is 3.00 e. The first-order chi connectivity index (χ1) is 8.12. The van der Waals surface area contributed by atoms with Crippen molar-refractivity contribution in [2.75, 3.05) is 0 Å². The van der Waals surface area contributed by atoms with Gasteiger partial charge in [-0.2, -0.15) is 0 Å². The van der Waals surface area contributed by atoms with Gasteiger partial charge in [0.25, 0.3) is 27.1 Å². The zero-order chi connectivity index (χ0) is 13.9. The number of rotatable bonds is 0. The molecule has 20 heteroatoms. The van der Waals surface area contributed by atoms with Gasteiger partial charge in [-0.05, 0) is 0 Å². The molecular weight excluding hydrogens is 502 g/mol. The Morgan fingerprint density at radius 1 is 0.400 bits per heavy atom. The molecule has 3 aliphatic heterocycles. The summed E-state index contributed by atoms with van der Waals surface area (Å²) in [4.78, 5) is 57.4. The molecular formula is O15Si3Y2. The molecule has 0 bridgehead atoms. The molecule has 0 saturated carbocycles. The molecule has 3 aliphatic rings. The number of hydrogen-bond acceptors (Lipinski definition) is 15. The van der Waals surface area contributed by atoms with Crippen molar-refractivity contribution in [2.24, 2.45) is 0 Å². The fraction of sp³-hybridized carbons (Fsp3) is 0. The van der Waals surface area contributed by atoms with Gasteiger partial charge in [0.1, 0.15) is 0 Å². The van der Waals surface area contributed by atoms with Gasteiger partial charge in [0.2, 0.25) is 0 Å². The van der Waals surface area contributed by atoms with Gasteiger partial charge < -0.3 is 28.8 Å². The van der Waals surface area contributed by atoms with Crippen LogP contribution >= 0.6 is 0 Å². The first-order valence-corrected chi connectivity index (χ1v) is 8.35. The molecule has 0 unspecified atom stereocenters. The van der Waals surface area contributed by atoms with Gasteiger partial charge in [0, 0.05) is 0 Å². The minimum absolute atomic E-state index is 0. The summed E-state index contributed by atoms with van der Waals surface area (Å²) in [6.07, 6.45) is 0. The summed E-state index contributed by atoms with van der Waals surface area (Å²) in [5.41, 5.74) is 0. The van der Waals surface area contributed by atoms with Crippen molar-refractivity contribution in [3.05, 3.63) is 0 Å². The minimum Gasteiger partial charge on any atom is -0.824 e. The molecule has 0 N–H and O–H groups in total. The van der Waals surface area contributed by atoms with Crippen LogP contribution in [0.15, 0.2) is 0 Å². The normalized spacial score (nSPS) is 26.1. The van der Waals surface area contributed by atoms with Crippen LogP contribution in [0.2, 0.25) is 0 Å².